The molecule has 0 saturated heterocycles. The van der Waals surface area contributed by atoms with Gasteiger partial charge in [-0.3, -0.25) is 0 Å². The largest absolute Gasteiger partial charge is 0.508 e. The molecular formula is C12H14N2OS. The van der Waals surface area contributed by atoms with Crippen LogP contribution in [0.5, 0.6) is 5.75 Å². The quantitative estimate of drug-likeness (QED) is 0.866. The molecule has 3 nitrogen and oxygen atoms in total. The Kier molecular flexibility index (Phi) is 2.92. The molecule has 1 aromatic heterocycles. The van der Waals surface area contributed by atoms with Crippen LogP contribution in [0.1, 0.15) is 30.3 Å². The predicted molar refractivity (Wildman–Crippen MR) is 65.8 cm³/mol. The molecule has 0 fully saturated rings. The van der Waals surface area contributed by atoms with E-state index in [-0.39, 0.29) is 0 Å². The van der Waals surface area contributed by atoms with Gasteiger partial charge in [-0.1, -0.05) is 37.3 Å². The van der Waals surface area contributed by atoms with Crippen molar-refractivity contribution < 1.29 is 5.11 Å². The van der Waals surface area contributed by atoms with Gasteiger partial charge in [0.15, 0.2) is 0 Å². The summed E-state index contributed by atoms with van der Waals surface area (Å²) in [6.07, 6.45) is 0. The molecule has 16 heavy (non-hydrogen) atoms. The molecule has 1 N–H and O–H groups in total. The fraction of sp³-hybridized carbons (Fsp3) is 0.333. The summed E-state index contributed by atoms with van der Waals surface area (Å²) in [5, 5.41) is 19.7. The van der Waals surface area contributed by atoms with E-state index in [0.717, 1.165) is 21.1 Å². The molecule has 1 heterocycles. The summed E-state index contributed by atoms with van der Waals surface area (Å²) in [6.45, 7) is 6.04. The topological polar surface area (TPSA) is 46.0 Å². The van der Waals surface area contributed by atoms with Crippen LogP contribution in [0.2, 0.25) is 0 Å². The molecule has 0 aliphatic heterocycles. The third kappa shape index (κ3) is 2.07. The zero-order chi connectivity index (χ0) is 11.7. The number of hydrogen-bond acceptors (Lipinski definition) is 4. The predicted octanol–water partition coefficient (Wildman–Crippen LogP) is 3.34. The van der Waals surface area contributed by atoms with Crippen LogP contribution in [0.3, 0.4) is 0 Å². The van der Waals surface area contributed by atoms with Gasteiger partial charge < -0.3 is 5.11 Å². The molecule has 0 unspecified atom stereocenters. The van der Waals surface area contributed by atoms with Crippen molar-refractivity contribution in [3.05, 3.63) is 28.8 Å². The van der Waals surface area contributed by atoms with Gasteiger partial charge in [0, 0.05) is 5.56 Å². The van der Waals surface area contributed by atoms with Crippen molar-refractivity contribution in [2.24, 2.45) is 0 Å². The number of benzene rings is 1. The van der Waals surface area contributed by atoms with Gasteiger partial charge in [-0.2, -0.15) is 0 Å². The molecule has 0 bridgehead atoms. The van der Waals surface area contributed by atoms with E-state index in [2.05, 4.69) is 24.0 Å². The minimum atomic E-state index is 0.324. The molecule has 0 aliphatic rings. The van der Waals surface area contributed by atoms with Gasteiger partial charge in [0.1, 0.15) is 15.8 Å². The van der Waals surface area contributed by atoms with Crippen molar-refractivity contribution in [3.63, 3.8) is 0 Å². The highest BCUT2D eigenvalue weighted by Gasteiger charge is 2.09. The number of rotatable bonds is 2. The van der Waals surface area contributed by atoms with Crippen LogP contribution in [0.4, 0.5) is 0 Å². The summed E-state index contributed by atoms with van der Waals surface area (Å²) in [7, 11) is 0. The Balaban J connectivity index is 2.42. The lowest BCUT2D eigenvalue weighted by Crippen LogP contribution is -1.88. The second-order valence-electron chi connectivity index (χ2n) is 4.05. The lowest BCUT2D eigenvalue weighted by molar-refractivity contribution is 0.465. The molecule has 2 rings (SSSR count). The average molecular weight is 234 g/mol. The summed E-state index contributed by atoms with van der Waals surface area (Å²) < 4.78 is 0. The number of phenols is 1. The van der Waals surface area contributed by atoms with Gasteiger partial charge in [0.25, 0.3) is 0 Å². The second-order valence-corrected chi connectivity index (χ2v) is 5.24. The average Bonchev–Trinajstić information content (AvgIpc) is 2.64. The smallest absolute Gasteiger partial charge is 0.147 e. The summed E-state index contributed by atoms with van der Waals surface area (Å²) in [6, 6.07) is 5.69. The molecule has 0 amide bonds. The number of nitrogens with zero attached hydrogens (tertiary/aromatic N) is 2. The lowest BCUT2D eigenvalue weighted by Gasteiger charge is -2.08. The lowest BCUT2D eigenvalue weighted by atomic mass is 10.0. The molecular weight excluding hydrogens is 220 g/mol. The Morgan fingerprint density at radius 3 is 2.50 bits per heavy atom. The van der Waals surface area contributed by atoms with Crippen LogP contribution < -0.4 is 0 Å². The molecule has 0 aliphatic carbocycles. The Hall–Kier alpha value is -1.42. The monoisotopic (exact) mass is 234 g/mol. The van der Waals surface area contributed by atoms with Crippen LogP contribution in [-0.4, -0.2) is 15.3 Å². The molecule has 0 spiro atoms. The Morgan fingerprint density at radius 2 is 2.00 bits per heavy atom. The Morgan fingerprint density at radius 1 is 1.25 bits per heavy atom. The maximum absolute atomic E-state index is 9.89. The van der Waals surface area contributed by atoms with Gasteiger partial charge in [-0.05, 0) is 24.5 Å². The van der Waals surface area contributed by atoms with Crippen molar-refractivity contribution in [1.29, 1.82) is 0 Å². The minimum Gasteiger partial charge on any atom is -0.508 e. The summed E-state index contributed by atoms with van der Waals surface area (Å²) in [5.41, 5.74) is 1.89. The van der Waals surface area contributed by atoms with Crippen molar-refractivity contribution in [3.8, 4) is 16.3 Å². The number of aromatic nitrogens is 2. The van der Waals surface area contributed by atoms with E-state index in [0.29, 0.717) is 11.7 Å². The first-order valence-electron chi connectivity index (χ1n) is 5.21. The number of phenolic OH excluding ortho intramolecular Hbond substituents is 1. The van der Waals surface area contributed by atoms with Gasteiger partial charge in [-0.25, -0.2) is 0 Å². The second kappa shape index (κ2) is 4.22. The fourth-order valence-corrected chi connectivity index (χ4v) is 2.27. The normalized spacial score (nSPS) is 11.0. The molecule has 4 heteroatoms. The van der Waals surface area contributed by atoms with Crippen LogP contribution in [0.15, 0.2) is 18.2 Å². The molecule has 1 aromatic carbocycles. The van der Waals surface area contributed by atoms with Crippen LogP contribution in [0.25, 0.3) is 10.6 Å². The third-order valence-electron chi connectivity index (χ3n) is 2.43. The number of aromatic hydroxyl groups is 1. The molecule has 0 radical (unpaired) electrons. The van der Waals surface area contributed by atoms with E-state index in [4.69, 9.17) is 0 Å². The summed E-state index contributed by atoms with van der Waals surface area (Å²) in [5.74, 6) is 0.658. The number of aryl methyl sites for hydroxylation is 1. The first-order valence-corrected chi connectivity index (χ1v) is 6.03. The summed E-state index contributed by atoms with van der Waals surface area (Å²) in [4.78, 5) is 0. The maximum Gasteiger partial charge on any atom is 0.147 e. The first-order chi connectivity index (χ1) is 7.58. The van der Waals surface area contributed by atoms with E-state index >= 15 is 0 Å². The van der Waals surface area contributed by atoms with Crippen molar-refractivity contribution in [2.75, 3.05) is 0 Å². The van der Waals surface area contributed by atoms with Crippen LogP contribution in [-0.2, 0) is 0 Å². The molecule has 84 valence electrons. The highest BCUT2D eigenvalue weighted by atomic mass is 32.1. The van der Waals surface area contributed by atoms with E-state index < -0.39 is 0 Å². The Bertz CT molecular complexity index is 505. The highest BCUT2D eigenvalue weighted by Crippen LogP contribution is 2.31. The van der Waals surface area contributed by atoms with Gasteiger partial charge >= 0.3 is 0 Å². The molecule has 2 aromatic rings. The summed E-state index contributed by atoms with van der Waals surface area (Å²) >= 11 is 1.53. The van der Waals surface area contributed by atoms with E-state index in [1.165, 1.54) is 11.3 Å². The first kappa shape index (κ1) is 11.1. The highest BCUT2D eigenvalue weighted by molar-refractivity contribution is 7.14. The molecule has 0 saturated carbocycles. The van der Waals surface area contributed by atoms with Crippen LogP contribution in [0, 0.1) is 6.92 Å². The van der Waals surface area contributed by atoms with Crippen LogP contribution >= 0.6 is 11.3 Å². The maximum atomic E-state index is 9.89. The SMILES string of the molecule is Cc1nnc(-c2ccc(C(C)C)c(O)c2)s1. The van der Waals surface area contributed by atoms with Crippen molar-refractivity contribution in [2.45, 2.75) is 26.7 Å². The van der Waals surface area contributed by atoms with Gasteiger partial charge in [0.05, 0.1) is 0 Å². The third-order valence-corrected chi connectivity index (χ3v) is 3.31. The van der Waals surface area contributed by atoms with Gasteiger partial charge in [-0.15, -0.1) is 10.2 Å². The fourth-order valence-electron chi connectivity index (χ4n) is 1.58. The molecule has 0 atom stereocenters. The van der Waals surface area contributed by atoms with Crippen molar-refractivity contribution in [1.82, 2.24) is 10.2 Å². The standard InChI is InChI=1S/C12H14N2OS/c1-7(2)10-5-4-9(6-11(10)15)12-14-13-8(3)16-12/h4-7,15H,1-3H3. The van der Waals surface area contributed by atoms with E-state index in [1.807, 2.05) is 19.1 Å². The Labute approximate surface area is 98.8 Å². The zero-order valence-electron chi connectivity index (χ0n) is 9.56. The van der Waals surface area contributed by atoms with Crippen molar-refractivity contribution >= 4 is 11.3 Å². The van der Waals surface area contributed by atoms with Gasteiger partial charge in [0.2, 0.25) is 0 Å². The minimum absolute atomic E-state index is 0.324. The van der Waals surface area contributed by atoms with E-state index in [9.17, 15) is 5.11 Å². The zero-order valence-corrected chi connectivity index (χ0v) is 10.4. The van der Waals surface area contributed by atoms with E-state index in [1.54, 1.807) is 6.07 Å². The number of hydrogen-bond donors (Lipinski definition) is 1.